The number of hydrogen-bond donors (Lipinski definition) is 2. The fourth-order valence-electron chi connectivity index (χ4n) is 7.86. The van der Waals surface area contributed by atoms with Crippen LogP contribution in [0.4, 0.5) is 0 Å². The number of carbonyl (C=O) groups is 2. The van der Waals surface area contributed by atoms with Crippen LogP contribution >= 0.6 is 0 Å². The Bertz CT molecular complexity index is 3100. The summed E-state index contributed by atoms with van der Waals surface area (Å²) >= 11 is 0. The molecule has 0 saturated heterocycles. The molecule has 8 rings (SSSR count). The predicted molar refractivity (Wildman–Crippen MR) is 277 cm³/mol. The van der Waals surface area contributed by atoms with Gasteiger partial charge in [-0.25, -0.2) is 16.8 Å². The maximum atomic E-state index is 12.7. The number of fused-ring (bicyclic) bond motifs is 2. The van der Waals surface area contributed by atoms with Crippen molar-refractivity contribution < 1.29 is 35.9 Å². The standard InChI is InChI=1S/2C28H30N2O4S/c2*1-4-35(32,33)25-12-9-21(10-13-25)18-29-28(31)23-11-14-26-22(17-23)15-16-30(26)19-24-7-5-6-8-27(24)34-20(2)3/h2*5-17,20H,4,18-19H2,1-3H3,(H,29,31). The van der Waals surface area contributed by atoms with E-state index in [1.807, 2.05) is 125 Å². The number of sulfone groups is 2. The SMILES string of the molecule is CCS(=O)(=O)c1ccc(CNC(=O)c2ccc3c(ccn3Cc3ccccc3OC(C)C)c2)cc1.CCS(=O)(=O)c1ccc(CNC(=O)c2ccc3c(ccn3Cc3ccccc3OC(C)C)c2)cc1. The molecule has 0 bridgehead atoms. The molecule has 2 aromatic heterocycles. The van der Waals surface area contributed by atoms with Gasteiger partial charge in [0.05, 0.1) is 46.6 Å². The van der Waals surface area contributed by atoms with Gasteiger partial charge in [-0.05, 0) is 124 Å². The minimum Gasteiger partial charge on any atom is -0.491 e. The van der Waals surface area contributed by atoms with E-state index in [2.05, 4.69) is 31.9 Å². The third kappa shape index (κ3) is 12.7. The highest BCUT2D eigenvalue weighted by Gasteiger charge is 2.16. The fourth-order valence-corrected chi connectivity index (χ4v) is 9.63. The van der Waals surface area contributed by atoms with Gasteiger partial charge in [0.25, 0.3) is 11.8 Å². The van der Waals surface area contributed by atoms with Crippen LogP contribution in [-0.2, 0) is 45.9 Å². The first-order valence-corrected chi connectivity index (χ1v) is 26.7. The van der Waals surface area contributed by atoms with Gasteiger partial charge in [-0.3, -0.25) is 9.59 Å². The molecule has 2 N–H and O–H groups in total. The van der Waals surface area contributed by atoms with Crippen LogP contribution in [0.15, 0.2) is 168 Å². The van der Waals surface area contributed by atoms with E-state index in [9.17, 15) is 26.4 Å². The number of nitrogens with zero attached hydrogens (tertiary/aromatic N) is 2. The molecule has 0 fully saturated rings. The summed E-state index contributed by atoms with van der Waals surface area (Å²) in [5.74, 6) is 1.51. The van der Waals surface area contributed by atoms with Crippen LogP contribution < -0.4 is 20.1 Å². The van der Waals surface area contributed by atoms with Crippen molar-refractivity contribution >= 4 is 53.3 Å². The summed E-state index contributed by atoms with van der Waals surface area (Å²) < 4.78 is 64.0. The summed E-state index contributed by atoms with van der Waals surface area (Å²) in [6, 6.07) is 44.6. The van der Waals surface area contributed by atoms with Crippen molar-refractivity contribution in [3.8, 4) is 11.5 Å². The summed E-state index contributed by atoms with van der Waals surface area (Å²) in [6.45, 7) is 13.3. The third-order valence-corrected chi connectivity index (χ3v) is 15.2. The van der Waals surface area contributed by atoms with Gasteiger partial charge in [0.1, 0.15) is 11.5 Å². The Morgan fingerprint density at radius 3 is 1.23 bits per heavy atom. The van der Waals surface area contributed by atoms with Gasteiger partial charge in [-0.2, -0.15) is 0 Å². The number of hydrogen-bond acceptors (Lipinski definition) is 8. The van der Waals surface area contributed by atoms with Gasteiger partial charge < -0.3 is 29.2 Å². The van der Waals surface area contributed by atoms with Crippen LogP contribution in [0.25, 0.3) is 21.8 Å². The Hall–Kier alpha value is -7.16. The molecule has 70 heavy (non-hydrogen) atoms. The van der Waals surface area contributed by atoms with Gasteiger partial charge in [0.2, 0.25) is 0 Å². The highest BCUT2D eigenvalue weighted by atomic mass is 32.2. The molecule has 8 aromatic rings. The molecular weight excluding hydrogens is 921 g/mol. The van der Waals surface area contributed by atoms with E-state index in [4.69, 9.17) is 9.47 Å². The maximum Gasteiger partial charge on any atom is 0.251 e. The molecule has 0 aliphatic rings. The summed E-state index contributed by atoms with van der Waals surface area (Å²) in [5, 5.41) is 7.79. The molecule has 364 valence electrons. The Morgan fingerprint density at radius 1 is 0.500 bits per heavy atom. The molecule has 12 nitrogen and oxygen atoms in total. The van der Waals surface area contributed by atoms with Crippen LogP contribution in [0.1, 0.15) is 84.5 Å². The summed E-state index contributed by atoms with van der Waals surface area (Å²) in [5.41, 5.74) is 7.08. The summed E-state index contributed by atoms with van der Waals surface area (Å²) in [7, 11) is -6.46. The van der Waals surface area contributed by atoms with Gasteiger partial charge in [0.15, 0.2) is 19.7 Å². The van der Waals surface area contributed by atoms with Crippen LogP contribution in [0.5, 0.6) is 11.5 Å². The van der Waals surface area contributed by atoms with Crippen molar-refractivity contribution in [2.24, 2.45) is 0 Å². The monoisotopic (exact) mass is 980 g/mol. The molecule has 0 aliphatic heterocycles. The molecule has 0 unspecified atom stereocenters. The second-order valence-electron chi connectivity index (χ2n) is 17.4. The van der Waals surface area contributed by atoms with E-state index < -0.39 is 19.7 Å². The van der Waals surface area contributed by atoms with E-state index in [1.165, 1.54) is 0 Å². The lowest BCUT2D eigenvalue weighted by molar-refractivity contribution is 0.0943. The van der Waals surface area contributed by atoms with Crippen molar-refractivity contribution in [2.75, 3.05) is 11.5 Å². The molecule has 0 aliphatic carbocycles. The number of carbonyl (C=O) groups excluding carboxylic acids is 2. The molecule has 2 amide bonds. The van der Waals surface area contributed by atoms with Crippen molar-refractivity contribution in [1.82, 2.24) is 19.8 Å². The van der Waals surface area contributed by atoms with E-state index in [0.717, 1.165) is 55.6 Å². The zero-order chi connectivity index (χ0) is 50.0. The first kappa shape index (κ1) is 50.7. The average molecular weight is 981 g/mol. The van der Waals surface area contributed by atoms with Crippen LogP contribution in [0.3, 0.4) is 0 Å². The number of aromatic nitrogens is 2. The minimum absolute atomic E-state index is 0.0610. The zero-order valence-electron chi connectivity index (χ0n) is 40.4. The van der Waals surface area contributed by atoms with Crippen LogP contribution in [0, 0.1) is 0 Å². The number of rotatable bonds is 18. The lowest BCUT2D eigenvalue weighted by Gasteiger charge is -2.15. The van der Waals surface area contributed by atoms with Gasteiger partial charge >= 0.3 is 0 Å². The molecule has 0 saturated carbocycles. The smallest absolute Gasteiger partial charge is 0.251 e. The number of nitrogens with one attached hydrogen (secondary N) is 2. The summed E-state index contributed by atoms with van der Waals surface area (Å²) in [6.07, 6.45) is 4.23. The maximum absolute atomic E-state index is 12.7. The van der Waals surface area contributed by atoms with Crippen molar-refractivity contribution in [2.45, 2.75) is 89.7 Å². The van der Waals surface area contributed by atoms with Gasteiger partial charge in [0, 0.05) is 69.5 Å². The Labute approximate surface area is 411 Å². The molecule has 6 aromatic carbocycles. The Morgan fingerprint density at radius 2 is 0.871 bits per heavy atom. The van der Waals surface area contributed by atoms with E-state index >= 15 is 0 Å². The second kappa shape index (κ2) is 22.5. The van der Waals surface area contributed by atoms with E-state index in [0.29, 0.717) is 47.1 Å². The third-order valence-electron chi connectivity index (χ3n) is 11.6. The number of ether oxygens (including phenoxy) is 2. The molecule has 0 radical (unpaired) electrons. The first-order valence-electron chi connectivity index (χ1n) is 23.4. The molecule has 0 atom stereocenters. The number of benzene rings is 6. The highest BCUT2D eigenvalue weighted by molar-refractivity contribution is 7.91. The lowest BCUT2D eigenvalue weighted by atomic mass is 10.1. The molecule has 14 heteroatoms. The lowest BCUT2D eigenvalue weighted by Crippen LogP contribution is -2.22. The topological polar surface area (TPSA) is 155 Å². The van der Waals surface area contributed by atoms with Gasteiger partial charge in [-0.1, -0.05) is 74.5 Å². The quantitative estimate of drug-likeness (QED) is 0.0861. The van der Waals surface area contributed by atoms with Crippen molar-refractivity contribution in [3.05, 3.63) is 191 Å². The number of amides is 2. The molecular formula is C56H60N4O8S2. The highest BCUT2D eigenvalue weighted by Crippen LogP contribution is 2.26. The average Bonchev–Trinajstić information content (AvgIpc) is 3.96. The first-order chi connectivity index (χ1) is 33.5. The molecule has 0 spiro atoms. The van der Waals surface area contributed by atoms with Crippen LogP contribution in [-0.4, -0.2) is 61.5 Å². The Kier molecular flexibility index (Phi) is 16.3. The number of para-hydroxylation sites is 2. The predicted octanol–water partition coefficient (Wildman–Crippen LogP) is 10.4. The minimum atomic E-state index is -3.23. The van der Waals surface area contributed by atoms with Crippen LogP contribution in [0.2, 0.25) is 0 Å². The second-order valence-corrected chi connectivity index (χ2v) is 22.0. The largest absolute Gasteiger partial charge is 0.491 e. The Balaban J connectivity index is 0.000000206. The normalized spacial score (nSPS) is 11.7. The zero-order valence-corrected chi connectivity index (χ0v) is 42.0. The van der Waals surface area contributed by atoms with E-state index in [-0.39, 0.29) is 35.5 Å². The fraction of sp³-hybridized carbons (Fsp3) is 0.250. The molecule has 2 heterocycles. The van der Waals surface area contributed by atoms with Crippen molar-refractivity contribution in [1.29, 1.82) is 0 Å². The van der Waals surface area contributed by atoms with Gasteiger partial charge in [-0.15, -0.1) is 0 Å². The van der Waals surface area contributed by atoms with E-state index in [1.54, 1.807) is 62.4 Å². The summed E-state index contributed by atoms with van der Waals surface area (Å²) in [4.78, 5) is 26.1. The van der Waals surface area contributed by atoms with Crippen molar-refractivity contribution in [3.63, 3.8) is 0 Å².